The molecule has 0 aromatic rings. The third-order valence-corrected chi connectivity index (χ3v) is 2.19. The van der Waals surface area contributed by atoms with Gasteiger partial charge in [-0.3, -0.25) is 4.90 Å². The van der Waals surface area contributed by atoms with E-state index in [9.17, 15) is 5.11 Å². The summed E-state index contributed by atoms with van der Waals surface area (Å²) in [6.07, 6.45) is -0.562. The fourth-order valence-electron chi connectivity index (χ4n) is 1.23. The summed E-state index contributed by atoms with van der Waals surface area (Å²) in [4.78, 5) is 1.91. The fraction of sp³-hybridized carbons (Fsp3) is 0.909. The van der Waals surface area contributed by atoms with Gasteiger partial charge in [0.2, 0.25) is 0 Å². The van der Waals surface area contributed by atoms with Gasteiger partial charge in [-0.15, -0.1) is 0 Å². The van der Waals surface area contributed by atoms with Gasteiger partial charge in [-0.2, -0.15) is 5.26 Å². The number of aliphatic hydroxyl groups is 1. The average molecular weight is 230 g/mol. The van der Waals surface area contributed by atoms with Crippen LogP contribution in [0, 0.1) is 11.3 Å². The third-order valence-electron chi connectivity index (χ3n) is 2.19. The van der Waals surface area contributed by atoms with Gasteiger partial charge in [0.25, 0.3) is 0 Å². The number of hydrogen-bond donors (Lipinski definition) is 1. The van der Waals surface area contributed by atoms with E-state index in [4.69, 9.17) is 14.7 Å². The summed E-state index contributed by atoms with van der Waals surface area (Å²) in [5.74, 6) is 0. The molecule has 0 aromatic heterocycles. The Morgan fingerprint density at radius 1 is 1.38 bits per heavy atom. The molecule has 5 nitrogen and oxygen atoms in total. The van der Waals surface area contributed by atoms with Crippen molar-refractivity contribution in [1.29, 1.82) is 5.26 Å². The van der Waals surface area contributed by atoms with Crippen molar-refractivity contribution in [2.24, 2.45) is 0 Å². The summed E-state index contributed by atoms with van der Waals surface area (Å²) >= 11 is 0. The van der Waals surface area contributed by atoms with E-state index in [1.165, 1.54) is 0 Å². The molecule has 0 bridgehead atoms. The van der Waals surface area contributed by atoms with Crippen LogP contribution >= 0.6 is 0 Å². The van der Waals surface area contributed by atoms with Crippen LogP contribution in [0.25, 0.3) is 0 Å². The van der Waals surface area contributed by atoms with Crippen LogP contribution in [0.15, 0.2) is 0 Å². The molecule has 1 N–H and O–H groups in total. The second kappa shape index (κ2) is 9.55. The van der Waals surface area contributed by atoms with Crippen molar-refractivity contribution in [3.8, 4) is 6.07 Å². The molecule has 0 saturated heterocycles. The number of nitrogens with zero attached hydrogens (tertiary/aromatic N) is 2. The second-order valence-corrected chi connectivity index (χ2v) is 3.90. The molecular weight excluding hydrogens is 208 g/mol. The maximum Gasteiger partial charge on any atom is 0.0900 e. The van der Waals surface area contributed by atoms with Crippen molar-refractivity contribution >= 4 is 0 Å². The molecule has 5 heteroatoms. The van der Waals surface area contributed by atoms with Crippen molar-refractivity contribution in [3.05, 3.63) is 0 Å². The molecule has 1 atom stereocenters. The highest BCUT2D eigenvalue weighted by molar-refractivity contribution is 4.80. The SMILES string of the molecule is COCCOCC(O)CN(CC#N)C(C)C. The van der Waals surface area contributed by atoms with Gasteiger partial charge in [-0.05, 0) is 13.8 Å². The minimum absolute atomic E-state index is 0.244. The summed E-state index contributed by atoms with van der Waals surface area (Å²) in [6.45, 7) is 6.06. The van der Waals surface area contributed by atoms with Gasteiger partial charge in [0.05, 0.1) is 38.5 Å². The molecule has 0 rings (SSSR count). The normalized spacial score (nSPS) is 13.1. The number of aliphatic hydroxyl groups excluding tert-OH is 1. The molecule has 0 aliphatic rings. The summed E-state index contributed by atoms with van der Waals surface area (Å²) in [5, 5.41) is 18.3. The van der Waals surface area contributed by atoms with Crippen LogP contribution in [-0.4, -0.2) is 62.2 Å². The number of hydrogen-bond acceptors (Lipinski definition) is 5. The zero-order valence-electron chi connectivity index (χ0n) is 10.3. The van der Waals surface area contributed by atoms with E-state index < -0.39 is 6.10 Å². The van der Waals surface area contributed by atoms with Gasteiger partial charge in [-0.25, -0.2) is 0 Å². The Morgan fingerprint density at radius 2 is 2.06 bits per heavy atom. The fourth-order valence-corrected chi connectivity index (χ4v) is 1.23. The largest absolute Gasteiger partial charge is 0.389 e. The van der Waals surface area contributed by atoms with Crippen molar-refractivity contribution in [2.75, 3.05) is 40.0 Å². The first-order valence-corrected chi connectivity index (χ1v) is 5.47. The summed E-state index contributed by atoms with van der Waals surface area (Å²) < 4.78 is 10.0. The molecule has 0 fully saturated rings. The molecule has 0 aromatic carbocycles. The topological polar surface area (TPSA) is 65.7 Å². The third kappa shape index (κ3) is 7.60. The molecule has 0 spiro atoms. The van der Waals surface area contributed by atoms with E-state index in [1.54, 1.807) is 7.11 Å². The van der Waals surface area contributed by atoms with Crippen LogP contribution in [0.4, 0.5) is 0 Å². The first-order valence-electron chi connectivity index (χ1n) is 5.47. The molecule has 0 aliphatic carbocycles. The van der Waals surface area contributed by atoms with E-state index in [2.05, 4.69) is 6.07 Å². The predicted molar refractivity (Wildman–Crippen MR) is 61.0 cm³/mol. The van der Waals surface area contributed by atoms with Crippen LogP contribution < -0.4 is 0 Å². The Labute approximate surface area is 97.6 Å². The maximum absolute atomic E-state index is 9.68. The van der Waals surface area contributed by atoms with Crippen LogP contribution in [0.5, 0.6) is 0 Å². The second-order valence-electron chi connectivity index (χ2n) is 3.90. The van der Waals surface area contributed by atoms with Gasteiger partial charge in [0.1, 0.15) is 0 Å². The monoisotopic (exact) mass is 230 g/mol. The lowest BCUT2D eigenvalue weighted by molar-refractivity contribution is -0.00250. The first-order chi connectivity index (χ1) is 7.61. The smallest absolute Gasteiger partial charge is 0.0900 e. The van der Waals surface area contributed by atoms with E-state index in [0.29, 0.717) is 26.3 Å². The number of ether oxygens (including phenoxy) is 2. The number of methoxy groups -OCH3 is 1. The Hall–Kier alpha value is -0.670. The van der Waals surface area contributed by atoms with Crippen molar-refractivity contribution in [3.63, 3.8) is 0 Å². The molecular formula is C11H22N2O3. The Balaban J connectivity index is 3.73. The molecule has 0 saturated carbocycles. The minimum atomic E-state index is -0.562. The zero-order valence-corrected chi connectivity index (χ0v) is 10.3. The van der Waals surface area contributed by atoms with Crippen molar-refractivity contribution < 1.29 is 14.6 Å². The van der Waals surface area contributed by atoms with Gasteiger partial charge in [0.15, 0.2) is 0 Å². The lowest BCUT2D eigenvalue weighted by Crippen LogP contribution is -2.39. The molecule has 0 aliphatic heterocycles. The van der Waals surface area contributed by atoms with E-state index >= 15 is 0 Å². The van der Waals surface area contributed by atoms with Crippen molar-refractivity contribution in [1.82, 2.24) is 4.90 Å². The van der Waals surface area contributed by atoms with E-state index in [0.717, 1.165) is 0 Å². The standard InChI is InChI=1S/C11H22N2O3/c1-10(2)13(5-4-12)8-11(14)9-16-7-6-15-3/h10-11,14H,5-9H2,1-3H3. The van der Waals surface area contributed by atoms with E-state index in [1.807, 2.05) is 18.7 Å². The minimum Gasteiger partial charge on any atom is -0.389 e. The van der Waals surface area contributed by atoms with Crippen molar-refractivity contribution in [2.45, 2.75) is 26.0 Å². The molecule has 94 valence electrons. The summed E-state index contributed by atoms with van der Waals surface area (Å²) in [6, 6.07) is 2.33. The molecule has 1 unspecified atom stereocenters. The highest BCUT2D eigenvalue weighted by Crippen LogP contribution is 2.00. The summed E-state index contributed by atoms with van der Waals surface area (Å²) in [7, 11) is 1.60. The van der Waals surface area contributed by atoms with E-state index in [-0.39, 0.29) is 12.6 Å². The molecule has 0 amide bonds. The van der Waals surface area contributed by atoms with Crippen LogP contribution in [0.3, 0.4) is 0 Å². The van der Waals surface area contributed by atoms with Crippen LogP contribution in [0.2, 0.25) is 0 Å². The van der Waals surface area contributed by atoms with Crippen LogP contribution in [0.1, 0.15) is 13.8 Å². The lowest BCUT2D eigenvalue weighted by Gasteiger charge is -2.25. The Kier molecular flexibility index (Phi) is 9.15. The summed E-state index contributed by atoms with van der Waals surface area (Å²) in [5.41, 5.74) is 0. The predicted octanol–water partition coefficient (Wildman–Crippen LogP) is 0.244. The maximum atomic E-state index is 9.68. The van der Waals surface area contributed by atoms with Gasteiger partial charge in [-0.1, -0.05) is 0 Å². The first kappa shape index (κ1) is 15.3. The van der Waals surface area contributed by atoms with Gasteiger partial charge >= 0.3 is 0 Å². The highest BCUT2D eigenvalue weighted by Gasteiger charge is 2.14. The zero-order chi connectivity index (χ0) is 12.4. The highest BCUT2D eigenvalue weighted by atomic mass is 16.5. The average Bonchev–Trinajstić information content (AvgIpc) is 2.23. The van der Waals surface area contributed by atoms with Crippen LogP contribution in [-0.2, 0) is 9.47 Å². The lowest BCUT2D eigenvalue weighted by atomic mass is 10.2. The quantitative estimate of drug-likeness (QED) is 0.454. The number of rotatable bonds is 9. The number of nitriles is 1. The van der Waals surface area contributed by atoms with Gasteiger partial charge < -0.3 is 14.6 Å². The molecule has 0 radical (unpaired) electrons. The van der Waals surface area contributed by atoms with Gasteiger partial charge in [0, 0.05) is 19.7 Å². The Bertz CT molecular complexity index is 204. The molecule has 16 heavy (non-hydrogen) atoms. The molecule has 0 heterocycles. The Morgan fingerprint density at radius 3 is 2.56 bits per heavy atom.